The number of nitrogens with two attached hydrogens (primary N) is 1. The molecule has 90 valence electrons. The van der Waals surface area contributed by atoms with Gasteiger partial charge >= 0.3 is 0 Å². The van der Waals surface area contributed by atoms with Crippen LogP contribution in [0.5, 0.6) is 0 Å². The SMILES string of the molecule is COC(CS(=O)(=O)O)N1CCC(N)CC1. The number of methoxy groups -OCH3 is 1. The third-order valence-electron chi connectivity index (χ3n) is 2.61. The van der Waals surface area contributed by atoms with Gasteiger partial charge in [0.05, 0.1) is 0 Å². The third-order valence-corrected chi connectivity index (χ3v) is 3.31. The fraction of sp³-hybridized carbons (Fsp3) is 1.00. The molecule has 0 aromatic carbocycles. The summed E-state index contributed by atoms with van der Waals surface area (Å²) in [5, 5.41) is 0. The Kier molecular flexibility index (Phi) is 4.47. The summed E-state index contributed by atoms with van der Waals surface area (Å²) in [6.07, 6.45) is 1.07. The highest BCUT2D eigenvalue weighted by atomic mass is 32.2. The van der Waals surface area contributed by atoms with E-state index in [1.165, 1.54) is 7.11 Å². The van der Waals surface area contributed by atoms with Crippen LogP contribution >= 0.6 is 0 Å². The van der Waals surface area contributed by atoms with Crippen molar-refractivity contribution in [3.63, 3.8) is 0 Å². The Balaban J connectivity index is 2.52. The van der Waals surface area contributed by atoms with Gasteiger partial charge in [-0.3, -0.25) is 9.45 Å². The van der Waals surface area contributed by atoms with E-state index in [4.69, 9.17) is 15.0 Å². The molecule has 1 atom stereocenters. The molecule has 0 spiro atoms. The van der Waals surface area contributed by atoms with Gasteiger partial charge in [0.15, 0.2) is 0 Å². The second-order valence-electron chi connectivity index (χ2n) is 3.81. The molecule has 3 N–H and O–H groups in total. The molecule has 7 heteroatoms. The lowest BCUT2D eigenvalue weighted by molar-refractivity contribution is -0.0285. The van der Waals surface area contributed by atoms with Gasteiger partial charge in [0, 0.05) is 26.2 Å². The van der Waals surface area contributed by atoms with E-state index in [-0.39, 0.29) is 6.04 Å². The molecule has 15 heavy (non-hydrogen) atoms. The van der Waals surface area contributed by atoms with Crippen molar-refractivity contribution in [1.82, 2.24) is 4.90 Å². The molecule has 1 fully saturated rings. The number of piperidine rings is 1. The van der Waals surface area contributed by atoms with E-state index >= 15 is 0 Å². The first-order chi connectivity index (χ1) is 6.92. The minimum absolute atomic E-state index is 0.185. The predicted molar refractivity (Wildman–Crippen MR) is 56.0 cm³/mol. The van der Waals surface area contributed by atoms with E-state index < -0.39 is 22.1 Å². The second-order valence-corrected chi connectivity index (χ2v) is 5.31. The molecular formula is C8H18N2O4S. The molecule has 1 aliphatic heterocycles. The second kappa shape index (κ2) is 5.22. The summed E-state index contributed by atoms with van der Waals surface area (Å²) in [6, 6.07) is 0.185. The molecule has 0 amide bonds. The van der Waals surface area contributed by atoms with Gasteiger partial charge in [-0.2, -0.15) is 8.42 Å². The van der Waals surface area contributed by atoms with Crippen LogP contribution in [0.2, 0.25) is 0 Å². The van der Waals surface area contributed by atoms with Crippen molar-refractivity contribution in [2.75, 3.05) is 26.0 Å². The van der Waals surface area contributed by atoms with Crippen LogP contribution in [0, 0.1) is 0 Å². The maximum Gasteiger partial charge on any atom is 0.268 e. The molecular weight excluding hydrogens is 220 g/mol. The predicted octanol–water partition coefficient (Wildman–Crippen LogP) is -0.730. The highest BCUT2D eigenvalue weighted by Gasteiger charge is 2.26. The van der Waals surface area contributed by atoms with Crippen LogP contribution < -0.4 is 5.73 Å². The van der Waals surface area contributed by atoms with Crippen molar-refractivity contribution in [2.24, 2.45) is 5.73 Å². The summed E-state index contributed by atoms with van der Waals surface area (Å²) in [5.74, 6) is -0.390. The van der Waals surface area contributed by atoms with Crippen LogP contribution in [0.25, 0.3) is 0 Å². The molecule has 0 bridgehead atoms. The van der Waals surface area contributed by atoms with E-state index in [0.29, 0.717) is 13.1 Å². The van der Waals surface area contributed by atoms with Crippen LogP contribution in [0.15, 0.2) is 0 Å². The lowest BCUT2D eigenvalue weighted by Gasteiger charge is -2.34. The Morgan fingerprint density at radius 1 is 1.53 bits per heavy atom. The molecule has 0 radical (unpaired) electrons. The smallest absolute Gasteiger partial charge is 0.268 e. The molecule has 6 nitrogen and oxygen atoms in total. The number of rotatable bonds is 4. The Morgan fingerprint density at radius 2 is 2.07 bits per heavy atom. The monoisotopic (exact) mass is 238 g/mol. The molecule has 1 rings (SSSR count). The first-order valence-corrected chi connectivity index (χ1v) is 6.51. The van der Waals surface area contributed by atoms with Crippen LogP contribution in [-0.4, -0.2) is 56.1 Å². The first kappa shape index (κ1) is 12.9. The van der Waals surface area contributed by atoms with Crippen molar-refractivity contribution in [2.45, 2.75) is 25.1 Å². The highest BCUT2D eigenvalue weighted by molar-refractivity contribution is 7.85. The Labute approximate surface area is 90.1 Å². The minimum atomic E-state index is -4.00. The zero-order chi connectivity index (χ0) is 11.5. The fourth-order valence-corrected chi connectivity index (χ4v) is 2.42. The Hall–Kier alpha value is -0.210. The lowest BCUT2D eigenvalue weighted by Crippen LogP contribution is -2.48. The Morgan fingerprint density at radius 3 is 2.47 bits per heavy atom. The summed E-state index contributed by atoms with van der Waals surface area (Å²) in [6.45, 7) is 1.41. The number of nitrogens with zero attached hydrogens (tertiary/aromatic N) is 1. The molecule has 0 saturated carbocycles. The average molecular weight is 238 g/mol. The molecule has 1 saturated heterocycles. The first-order valence-electron chi connectivity index (χ1n) is 4.90. The van der Waals surface area contributed by atoms with Crippen molar-refractivity contribution in [3.8, 4) is 0 Å². The van der Waals surface area contributed by atoms with Gasteiger partial charge in [0.2, 0.25) is 0 Å². The standard InChI is InChI=1S/C8H18N2O4S/c1-14-8(6-15(11,12)13)10-4-2-7(9)3-5-10/h7-8H,2-6,9H2,1H3,(H,11,12,13). The topological polar surface area (TPSA) is 92.9 Å². The minimum Gasteiger partial charge on any atom is -0.365 e. The lowest BCUT2D eigenvalue weighted by atomic mass is 10.1. The summed E-state index contributed by atoms with van der Waals surface area (Å²) < 4.78 is 35.3. The molecule has 0 aromatic rings. The van der Waals surface area contributed by atoms with Crippen molar-refractivity contribution >= 4 is 10.1 Å². The van der Waals surface area contributed by atoms with Crippen LogP contribution in [0.3, 0.4) is 0 Å². The highest BCUT2D eigenvalue weighted by Crippen LogP contribution is 2.13. The number of ether oxygens (including phenoxy) is 1. The third kappa shape index (κ3) is 4.43. The van der Waals surface area contributed by atoms with Gasteiger partial charge in [0.1, 0.15) is 12.0 Å². The van der Waals surface area contributed by atoms with E-state index in [0.717, 1.165) is 12.8 Å². The summed E-state index contributed by atoms with van der Waals surface area (Å²) >= 11 is 0. The summed E-state index contributed by atoms with van der Waals surface area (Å²) in [4.78, 5) is 1.89. The average Bonchev–Trinajstić information content (AvgIpc) is 2.14. The van der Waals surface area contributed by atoms with E-state index in [9.17, 15) is 8.42 Å². The van der Waals surface area contributed by atoms with Crippen molar-refractivity contribution < 1.29 is 17.7 Å². The van der Waals surface area contributed by atoms with Crippen LogP contribution in [0.1, 0.15) is 12.8 Å². The van der Waals surface area contributed by atoms with Gasteiger partial charge in [-0.1, -0.05) is 0 Å². The quantitative estimate of drug-likeness (QED) is 0.627. The van der Waals surface area contributed by atoms with Gasteiger partial charge in [-0.15, -0.1) is 0 Å². The van der Waals surface area contributed by atoms with Crippen molar-refractivity contribution in [3.05, 3.63) is 0 Å². The number of hydrogen-bond donors (Lipinski definition) is 2. The molecule has 1 heterocycles. The van der Waals surface area contributed by atoms with Crippen LogP contribution in [-0.2, 0) is 14.9 Å². The largest absolute Gasteiger partial charge is 0.365 e. The molecule has 0 aliphatic carbocycles. The number of likely N-dealkylation sites (tertiary alicyclic amines) is 1. The zero-order valence-electron chi connectivity index (χ0n) is 8.80. The fourth-order valence-electron chi connectivity index (χ4n) is 1.71. The van der Waals surface area contributed by atoms with E-state index in [1.807, 2.05) is 4.90 Å². The number of hydrogen-bond acceptors (Lipinski definition) is 5. The van der Waals surface area contributed by atoms with Gasteiger partial charge in [-0.25, -0.2) is 0 Å². The van der Waals surface area contributed by atoms with E-state index in [1.54, 1.807) is 0 Å². The Bertz CT molecular complexity index is 285. The normalized spacial score (nSPS) is 22.9. The zero-order valence-corrected chi connectivity index (χ0v) is 9.61. The molecule has 1 unspecified atom stereocenters. The van der Waals surface area contributed by atoms with Crippen LogP contribution in [0.4, 0.5) is 0 Å². The summed E-state index contributed by atoms with van der Waals surface area (Å²) in [7, 11) is -2.56. The van der Waals surface area contributed by atoms with Crippen molar-refractivity contribution in [1.29, 1.82) is 0 Å². The van der Waals surface area contributed by atoms with Gasteiger partial charge in [0.25, 0.3) is 10.1 Å². The van der Waals surface area contributed by atoms with Gasteiger partial charge < -0.3 is 10.5 Å². The maximum absolute atomic E-state index is 10.7. The van der Waals surface area contributed by atoms with E-state index in [2.05, 4.69) is 0 Å². The van der Waals surface area contributed by atoms with Gasteiger partial charge in [-0.05, 0) is 12.8 Å². The maximum atomic E-state index is 10.7. The molecule has 1 aliphatic rings. The summed E-state index contributed by atoms with van der Waals surface area (Å²) in [5.41, 5.74) is 5.73. The molecule has 0 aromatic heterocycles.